The third kappa shape index (κ3) is 4.18. The number of fused-ring (bicyclic) bond motifs is 1. The Hall–Kier alpha value is -0.730. The van der Waals surface area contributed by atoms with E-state index in [1.807, 2.05) is 12.1 Å². The Bertz CT molecular complexity index is 379. The van der Waals surface area contributed by atoms with E-state index < -0.39 is 0 Å². The van der Waals surface area contributed by atoms with E-state index in [9.17, 15) is 5.11 Å². The molecule has 0 spiro atoms. The smallest absolute Gasteiger partial charge is 0.115 e. The number of aromatic hydroxyl groups is 1. The molecule has 0 heterocycles. The van der Waals surface area contributed by atoms with Crippen molar-refractivity contribution in [3.05, 3.63) is 29.3 Å². The van der Waals surface area contributed by atoms with E-state index in [4.69, 9.17) is 0 Å². The average Bonchev–Trinajstić information content (AvgIpc) is 2.29. The zero-order valence-corrected chi connectivity index (χ0v) is 12.2. The standard InChI is InChI=1S/C15H23NO.ClH/c1-16(2)9-3-4-12-5-6-14-11-15(17)8-7-13(14)10-12;/h7-8,11-12,17H,3-6,9-10H2,1-2H3;1H. The van der Waals surface area contributed by atoms with Gasteiger partial charge in [0.15, 0.2) is 0 Å². The summed E-state index contributed by atoms with van der Waals surface area (Å²) in [6.07, 6.45) is 6.24. The maximum Gasteiger partial charge on any atom is 0.115 e. The largest absolute Gasteiger partial charge is 0.508 e. The van der Waals surface area contributed by atoms with Crippen LogP contribution in [0.15, 0.2) is 18.2 Å². The lowest BCUT2D eigenvalue weighted by Gasteiger charge is -2.25. The summed E-state index contributed by atoms with van der Waals surface area (Å²) in [4.78, 5) is 2.26. The van der Waals surface area contributed by atoms with Crippen molar-refractivity contribution in [2.45, 2.75) is 32.1 Å². The summed E-state index contributed by atoms with van der Waals surface area (Å²) in [6.45, 7) is 1.19. The molecule has 102 valence electrons. The molecule has 0 fully saturated rings. The van der Waals surface area contributed by atoms with Crippen molar-refractivity contribution in [1.82, 2.24) is 4.90 Å². The summed E-state index contributed by atoms with van der Waals surface area (Å²) in [7, 11) is 4.28. The first-order valence-corrected chi connectivity index (χ1v) is 6.60. The molecular weight excluding hydrogens is 246 g/mol. The average molecular weight is 270 g/mol. The molecule has 1 N–H and O–H groups in total. The molecule has 3 heteroatoms. The molecule has 1 aliphatic rings. The van der Waals surface area contributed by atoms with E-state index in [-0.39, 0.29) is 12.4 Å². The van der Waals surface area contributed by atoms with Gasteiger partial charge in [0.1, 0.15) is 5.75 Å². The number of halogens is 1. The fourth-order valence-electron chi connectivity index (χ4n) is 2.76. The minimum absolute atomic E-state index is 0. The van der Waals surface area contributed by atoms with Crippen LogP contribution < -0.4 is 0 Å². The van der Waals surface area contributed by atoms with Crippen molar-refractivity contribution in [3.8, 4) is 5.75 Å². The van der Waals surface area contributed by atoms with E-state index in [2.05, 4.69) is 25.1 Å². The molecular formula is C15H24ClNO. The minimum atomic E-state index is 0. The molecule has 0 saturated heterocycles. The van der Waals surface area contributed by atoms with Crippen molar-refractivity contribution in [2.75, 3.05) is 20.6 Å². The Morgan fingerprint density at radius 1 is 1.28 bits per heavy atom. The van der Waals surface area contributed by atoms with Crippen LogP contribution in [0, 0.1) is 5.92 Å². The zero-order chi connectivity index (χ0) is 12.3. The molecule has 1 aromatic rings. The molecule has 18 heavy (non-hydrogen) atoms. The van der Waals surface area contributed by atoms with Gasteiger partial charge in [-0.3, -0.25) is 0 Å². The molecule has 1 aliphatic carbocycles. The summed E-state index contributed by atoms with van der Waals surface area (Å²) in [5, 5.41) is 9.45. The summed E-state index contributed by atoms with van der Waals surface area (Å²) >= 11 is 0. The van der Waals surface area contributed by atoms with Crippen molar-refractivity contribution in [3.63, 3.8) is 0 Å². The van der Waals surface area contributed by atoms with E-state index in [0.29, 0.717) is 5.75 Å². The molecule has 0 aromatic heterocycles. The maximum absolute atomic E-state index is 9.45. The van der Waals surface area contributed by atoms with E-state index >= 15 is 0 Å². The topological polar surface area (TPSA) is 23.5 Å². The van der Waals surface area contributed by atoms with Gasteiger partial charge in [-0.05, 0) is 81.9 Å². The van der Waals surface area contributed by atoms with Crippen LogP contribution in [0.1, 0.15) is 30.4 Å². The lowest BCUT2D eigenvalue weighted by atomic mass is 9.81. The quantitative estimate of drug-likeness (QED) is 0.907. The molecule has 2 nitrogen and oxygen atoms in total. The van der Waals surface area contributed by atoms with Crippen molar-refractivity contribution < 1.29 is 5.11 Å². The predicted molar refractivity (Wildman–Crippen MR) is 78.7 cm³/mol. The van der Waals surface area contributed by atoms with Gasteiger partial charge in [-0.15, -0.1) is 12.4 Å². The van der Waals surface area contributed by atoms with Crippen molar-refractivity contribution in [2.24, 2.45) is 5.92 Å². The highest BCUT2D eigenvalue weighted by Gasteiger charge is 2.18. The maximum atomic E-state index is 9.45. The number of aryl methyl sites for hydroxylation is 1. The molecule has 0 saturated carbocycles. The number of hydrogen-bond donors (Lipinski definition) is 1. The van der Waals surface area contributed by atoms with Gasteiger partial charge in [-0.1, -0.05) is 6.07 Å². The van der Waals surface area contributed by atoms with E-state index in [1.54, 1.807) is 0 Å². The van der Waals surface area contributed by atoms with Gasteiger partial charge in [-0.2, -0.15) is 0 Å². The molecule has 0 amide bonds. The lowest BCUT2D eigenvalue weighted by molar-refractivity contribution is 0.349. The van der Waals surface area contributed by atoms with Gasteiger partial charge < -0.3 is 10.0 Å². The second-order valence-corrected chi connectivity index (χ2v) is 5.51. The highest BCUT2D eigenvalue weighted by molar-refractivity contribution is 5.85. The molecule has 1 unspecified atom stereocenters. The first kappa shape index (κ1) is 15.3. The third-order valence-corrected chi connectivity index (χ3v) is 3.74. The number of phenols is 1. The van der Waals surface area contributed by atoms with Crippen LogP contribution in [0.3, 0.4) is 0 Å². The first-order chi connectivity index (χ1) is 8.15. The molecule has 2 rings (SSSR count). The van der Waals surface area contributed by atoms with Gasteiger partial charge in [0, 0.05) is 0 Å². The van der Waals surface area contributed by atoms with Crippen molar-refractivity contribution >= 4 is 12.4 Å². The SMILES string of the molecule is CN(C)CCCC1CCc2cc(O)ccc2C1.Cl. The predicted octanol–water partition coefficient (Wildman–Crippen LogP) is 3.26. The Morgan fingerprint density at radius 3 is 2.78 bits per heavy atom. The lowest BCUT2D eigenvalue weighted by Crippen LogP contribution is -2.18. The summed E-state index contributed by atoms with van der Waals surface area (Å²) in [5.74, 6) is 1.25. The minimum Gasteiger partial charge on any atom is -0.508 e. The Balaban J connectivity index is 0.00000162. The second-order valence-electron chi connectivity index (χ2n) is 5.51. The van der Waals surface area contributed by atoms with Crippen LogP contribution in [0.2, 0.25) is 0 Å². The first-order valence-electron chi connectivity index (χ1n) is 6.60. The van der Waals surface area contributed by atoms with Gasteiger partial charge in [0.05, 0.1) is 0 Å². The molecule has 1 atom stereocenters. The van der Waals surface area contributed by atoms with Crippen molar-refractivity contribution in [1.29, 1.82) is 0 Å². The van der Waals surface area contributed by atoms with Crippen LogP contribution in [0.4, 0.5) is 0 Å². The van der Waals surface area contributed by atoms with Crippen LogP contribution in [0.25, 0.3) is 0 Å². The van der Waals surface area contributed by atoms with Crippen LogP contribution in [-0.2, 0) is 12.8 Å². The highest BCUT2D eigenvalue weighted by Crippen LogP contribution is 2.30. The van der Waals surface area contributed by atoms with Gasteiger partial charge in [0.2, 0.25) is 0 Å². The second kappa shape index (κ2) is 7.01. The third-order valence-electron chi connectivity index (χ3n) is 3.74. The van der Waals surface area contributed by atoms with E-state index in [0.717, 1.165) is 12.3 Å². The summed E-state index contributed by atoms with van der Waals surface area (Å²) in [5.41, 5.74) is 2.80. The Morgan fingerprint density at radius 2 is 2.06 bits per heavy atom. The number of rotatable bonds is 4. The number of nitrogens with zero attached hydrogens (tertiary/aromatic N) is 1. The Kier molecular flexibility index (Phi) is 5.97. The Labute approximate surface area is 116 Å². The fraction of sp³-hybridized carbons (Fsp3) is 0.600. The zero-order valence-electron chi connectivity index (χ0n) is 11.4. The number of benzene rings is 1. The summed E-state index contributed by atoms with van der Waals surface area (Å²) < 4.78 is 0. The van der Waals surface area contributed by atoms with Gasteiger partial charge in [0.25, 0.3) is 0 Å². The molecule has 0 radical (unpaired) electrons. The van der Waals surface area contributed by atoms with Gasteiger partial charge in [-0.25, -0.2) is 0 Å². The molecule has 0 bridgehead atoms. The van der Waals surface area contributed by atoms with Crippen LogP contribution in [-0.4, -0.2) is 30.6 Å². The normalized spacial score (nSPS) is 18.3. The highest BCUT2D eigenvalue weighted by atomic mass is 35.5. The molecule has 0 aliphatic heterocycles. The number of phenolic OH excluding ortho intramolecular Hbond substituents is 1. The van der Waals surface area contributed by atoms with E-state index in [1.165, 1.54) is 43.4 Å². The monoisotopic (exact) mass is 269 g/mol. The summed E-state index contributed by atoms with van der Waals surface area (Å²) in [6, 6.07) is 5.86. The molecule has 1 aromatic carbocycles. The van der Waals surface area contributed by atoms with Crippen LogP contribution in [0.5, 0.6) is 5.75 Å². The van der Waals surface area contributed by atoms with Crippen LogP contribution >= 0.6 is 12.4 Å². The fourth-order valence-corrected chi connectivity index (χ4v) is 2.76. The van der Waals surface area contributed by atoms with Gasteiger partial charge >= 0.3 is 0 Å². The number of hydrogen-bond acceptors (Lipinski definition) is 2.